The molecule has 1 saturated heterocycles. The first-order chi connectivity index (χ1) is 10.3. The fraction of sp³-hybridized carbons (Fsp3) is 0.875. The minimum atomic E-state index is -0.565. The van der Waals surface area contributed by atoms with Crippen LogP contribution in [0, 0.1) is 11.8 Å². The van der Waals surface area contributed by atoms with E-state index in [0.717, 1.165) is 26.1 Å². The second kappa shape index (κ2) is 8.48. The number of carbonyl (C=O) groups is 2. The van der Waals surface area contributed by atoms with Gasteiger partial charge in [-0.25, -0.2) is 0 Å². The van der Waals surface area contributed by atoms with Crippen LogP contribution in [-0.4, -0.2) is 66.9 Å². The molecule has 2 amide bonds. The first-order valence-corrected chi connectivity index (χ1v) is 8.29. The quantitative estimate of drug-likeness (QED) is 0.738. The highest BCUT2D eigenvalue weighted by atomic mass is 16.2. The molecule has 6 nitrogen and oxygen atoms in total. The zero-order valence-corrected chi connectivity index (χ0v) is 14.6. The van der Waals surface area contributed by atoms with Gasteiger partial charge in [-0.2, -0.15) is 0 Å². The molecule has 1 fully saturated rings. The molecule has 22 heavy (non-hydrogen) atoms. The molecule has 6 heteroatoms. The average molecular weight is 312 g/mol. The van der Waals surface area contributed by atoms with Gasteiger partial charge in [-0.05, 0) is 24.8 Å². The predicted molar refractivity (Wildman–Crippen MR) is 88.3 cm³/mol. The number of carbonyl (C=O) groups excluding carboxylic acids is 2. The van der Waals surface area contributed by atoms with Crippen LogP contribution in [0.4, 0.5) is 0 Å². The molecule has 0 saturated carbocycles. The highest BCUT2D eigenvalue weighted by Crippen LogP contribution is 2.21. The summed E-state index contributed by atoms with van der Waals surface area (Å²) in [4.78, 5) is 28.3. The van der Waals surface area contributed by atoms with Gasteiger partial charge in [-0.3, -0.25) is 9.59 Å². The number of nitrogens with zero attached hydrogens (tertiary/aromatic N) is 2. The Kier molecular flexibility index (Phi) is 7.29. The monoisotopic (exact) mass is 312 g/mol. The van der Waals surface area contributed by atoms with Gasteiger partial charge < -0.3 is 20.9 Å². The summed E-state index contributed by atoms with van der Waals surface area (Å²) in [5, 5.41) is 2.65. The van der Waals surface area contributed by atoms with Gasteiger partial charge in [0.1, 0.15) is 0 Å². The van der Waals surface area contributed by atoms with E-state index in [4.69, 9.17) is 5.73 Å². The van der Waals surface area contributed by atoms with Crippen LogP contribution in [0.2, 0.25) is 0 Å². The van der Waals surface area contributed by atoms with Crippen LogP contribution in [-0.2, 0) is 9.59 Å². The van der Waals surface area contributed by atoms with Crippen LogP contribution in [0.25, 0.3) is 0 Å². The predicted octanol–water partition coefficient (Wildman–Crippen LogP) is 0.275. The van der Waals surface area contributed by atoms with Crippen LogP contribution in [0.1, 0.15) is 34.1 Å². The number of likely N-dealkylation sites (N-methyl/N-ethyl adjacent to an activating group) is 1. The zero-order valence-electron chi connectivity index (χ0n) is 14.6. The molecule has 0 aromatic carbocycles. The molecule has 0 aromatic rings. The van der Waals surface area contributed by atoms with E-state index in [-0.39, 0.29) is 30.3 Å². The number of hydrogen-bond acceptors (Lipinski definition) is 4. The Labute approximate surface area is 134 Å². The van der Waals surface area contributed by atoms with Crippen LogP contribution in [0.15, 0.2) is 0 Å². The van der Waals surface area contributed by atoms with Crippen molar-refractivity contribution >= 4 is 11.8 Å². The van der Waals surface area contributed by atoms with Crippen molar-refractivity contribution < 1.29 is 9.59 Å². The third-order valence-corrected chi connectivity index (χ3v) is 4.72. The molecule has 128 valence electrons. The van der Waals surface area contributed by atoms with E-state index < -0.39 is 6.04 Å². The fourth-order valence-corrected chi connectivity index (χ4v) is 2.98. The molecule has 0 bridgehead atoms. The van der Waals surface area contributed by atoms with Crippen LogP contribution < -0.4 is 11.1 Å². The Morgan fingerprint density at radius 2 is 2.05 bits per heavy atom. The first-order valence-electron chi connectivity index (χ1n) is 8.29. The van der Waals surface area contributed by atoms with Gasteiger partial charge in [0.05, 0.1) is 12.6 Å². The van der Waals surface area contributed by atoms with Crippen molar-refractivity contribution in [3.63, 3.8) is 0 Å². The van der Waals surface area contributed by atoms with Crippen LogP contribution in [0.3, 0.4) is 0 Å². The maximum atomic E-state index is 12.3. The van der Waals surface area contributed by atoms with Crippen molar-refractivity contribution in [2.45, 2.75) is 46.2 Å². The standard InChI is InChI=1S/C16H32N4O2/c1-6-20-8-7-13(12(4)10-20)19(5)14(21)9-18-16(22)15(17)11(2)3/h11-13,15H,6-10,17H2,1-5H3,(H,18,22)/t12?,13?,15-/m0/s1. The first kappa shape index (κ1) is 18.9. The van der Waals surface area contributed by atoms with E-state index in [2.05, 4.69) is 24.1 Å². The van der Waals surface area contributed by atoms with Crippen LogP contribution >= 0.6 is 0 Å². The highest BCUT2D eigenvalue weighted by molar-refractivity contribution is 5.87. The second-order valence-corrected chi connectivity index (χ2v) is 6.72. The van der Waals surface area contributed by atoms with Gasteiger partial charge in [0, 0.05) is 26.2 Å². The summed E-state index contributed by atoms with van der Waals surface area (Å²) in [6, 6.07) is -0.323. The molecule has 0 aromatic heterocycles. The minimum Gasteiger partial charge on any atom is -0.346 e. The molecule has 3 atom stereocenters. The van der Waals surface area contributed by atoms with Gasteiger partial charge in [0.2, 0.25) is 11.8 Å². The Hall–Kier alpha value is -1.14. The molecular formula is C16H32N4O2. The molecule has 3 N–H and O–H groups in total. The van der Waals surface area contributed by atoms with E-state index in [1.807, 2.05) is 20.9 Å². The lowest BCUT2D eigenvalue weighted by Gasteiger charge is -2.41. The molecule has 1 rings (SSSR count). The lowest BCUT2D eigenvalue weighted by molar-refractivity contribution is -0.135. The van der Waals surface area contributed by atoms with Crippen molar-refractivity contribution in [3.05, 3.63) is 0 Å². The zero-order chi connectivity index (χ0) is 16.9. The van der Waals surface area contributed by atoms with Crippen molar-refractivity contribution in [2.75, 3.05) is 33.2 Å². The Balaban J connectivity index is 2.47. The topological polar surface area (TPSA) is 78.7 Å². The van der Waals surface area contributed by atoms with E-state index in [0.29, 0.717) is 5.92 Å². The maximum absolute atomic E-state index is 12.3. The largest absolute Gasteiger partial charge is 0.346 e. The van der Waals surface area contributed by atoms with Gasteiger partial charge in [-0.1, -0.05) is 27.7 Å². The lowest BCUT2D eigenvalue weighted by atomic mass is 9.92. The van der Waals surface area contributed by atoms with Crippen molar-refractivity contribution in [2.24, 2.45) is 17.6 Å². The third-order valence-electron chi connectivity index (χ3n) is 4.72. The van der Waals surface area contributed by atoms with Gasteiger partial charge in [0.15, 0.2) is 0 Å². The minimum absolute atomic E-state index is 0.0243. The van der Waals surface area contributed by atoms with Gasteiger partial charge >= 0.3 is 0 Å². The molecule has 2 unspecified atom stereocenters. The number of rotatable bonds is 6. The molecule has 0 spiro atoms. The summed E-state index contributed by atoms with van der Waals surface area (Å²) in [7, 11) is 1.83. The number of hydrogen-bond donors (Lipinski definition) is 2. The molecule has 0 aliphatic carbocycles. The van der Waals surface area contributed by atoms with E-state index >= 15 is 0 Å². The summed E-state index contributed by atoms with van der Waals surface area (Å²) < 4.78 is 0. The van der Waals surface area contributed by atoms with E-state index in [1.165, 1.54) is 0 Å². The average Bonchev–Trinajstić information content (AvgIpc) is 2.50. The highest BCUT2D eigenvalue weighted by Gasteiger charge is 2.30. The Bertz CT molecular complexity index is 386. The van der Waals surface area contributed by atoms with E-state index in [1.54, 1.807) is 4.90 Å². The molecule has 1 aliphatic rings. The number of nitrogens with one attached hydrogen (secondary N) is 1. The SMILES string of the molecule is CCN1CCC(N(C)C(=O)CNC(=O)[C@@H](N)C(C)C)C(C)C1. The lowest BCUT2D eigenvalue weighted by Crippen LogP contribution is -2.53. The Morgan fingerprint density at radius 1 is 1.41 bits per heavy atom. The summed E-state index contributed by atoms with van der Waals surface area (Å²) in [6.45, 7) is 11.2. The summed E-state index contributed by atoms with van der Waals surface area (Å²) in [6.07, 6.45) is 0.983. The van der Waals surface area contributed by atoms with Crippen molar-refractivity contribution in [1.29, 1.82) is 0 Å². The molecule has 1 heterocycles. The summed E-state index contributed by atoms with van der Waals surface area (Å²) in [5.74, 6) is 0.194. The Morgan fingerprint density at radius 3 is 2.55 bits per heavy atom. The maximum Gasteiger partial charge on any atom is 0.241 e. The van der Waals surface area contributed by atoms with Crippen LogP contribution in [0.5, 0.6) is 0 Å². The normalized spacial score (nSPS) is 24.1. The van der Waals surface area contributed by atoms with Gasteiger partial charge in [0.25, 0.3) is 0 Å². The van der Waals surface area contributed by atoms with Gasteiger partial charge in [-0.15, -0.1) is 0 Å². The van der Waals surface area contributed by atoms with Crippen molar-refractivity contribution in [3.8, 4) is 0 Å². The number of amides is 2. The number of piperidine rings is 1. The summed E-state index contributed by atoms with van der Waals surface area (Å²) >= 11 is 0. The molecule has 1 aliphatic heterocycles. The second-order valence-electron chi connectivity index (χ2n) is 6.72. The third kappa shape index (κ3) is 4.95. The number of nitrogens with two attached hydrogens (primary N) is 1. The fourth-order valence-electron chi connectivity index (χ4n) is 2.98. The summed E-state index contributed by atoms with van der Waals surface area (Å²) in [5.41, 5.74) is 5.78. The molecular weight excluding hydrogens is 280 g/mol. The number of likely N-dealkylation sites (tertiary alicyclic amines) is 1. The smallest absolute Gasteiger partial charge is 0.241 e. The van der Waals surface area contributed by atoms with E-state index in [9.17, 15) is 9.59 Å². The van der Waals surface area contributed by atoms with Crippen molar-refractivity contribution in [1.82, 2.24) is 15.1 Å². The molecule has 0 radical (unpaired) electrons.